The zero-order valence-corrected chi connectivity index (χ0v) is 14.9. The number of para-hydroxylation sites is 1. The van der Waals surface area contributed by atoms with Crippen LogP contribution in [0.25, 0.3) is 16.6 Å². The predicted octanol–water partition coefficient (Wildman–Crippen LogP) is 1.98. The summed E-state index contributed by atoms with van der Waals surface area (Å²) in [6.07, 6.45) is 2.35. The quantitative estimate of drug-likeness (QED) is 0.747. The van der Waals surface area contributed by atoms with Gasteiger partial charge in [-0.1, -0.05) is 12.1 Å². The van der Waals surface area contributed by atoms with E-state index in [-0.39, 0.29) is 29.9 Å². The van der Waals surface area contributed by atoms with E-state index in [4.69, 9.17) is 5.73 Å². The molecule has 7 heteroatoms. The Morgan fingerprint density at radius 2 is 1.85 bits per heavy atom. The molecule has 1 fully saturated rings. The van der Waals surface area contributed by atoms with Crippen LogP contribution >= 0.6 is 12.4 Å². The SMILES string of the molecule is Cl.NC1CCN(C(=O)c2ccc(-n3cnc4ccccc4c3=O)cc2)C1. The number of amides is 1. The molecule has 1 unspecified atom stereocenters. The third kappa shape index (κ3) is 3.21. The van der Waals surface area contributed by atoms with Gasteiger partial charge in [-0.3, -0.25) is 14.2 Å². The van der Waals surface area contributed by atoms with Gasteiger partial charge in [0.25, 0.3) is 11.5 Å². The highest BCUT2D eigenvalue weighted by Crippen LogP contribution is 2.15. The van der Waals surface area contributed by atoms with Gasteiger partial charge in [0.2, 0.25) is 0 Å². The van der Waals surface area contributed by atoms with E-state index in [1.807, 2.05) is 18.2 Å². The van der Waals surface area contributed by atoms with Gasteiger partial charge in [-0.25, -0.2) is 4.98 Å². The highest BCUT2D eigenvalue weighted by molar-refractivity contribution is 5.94. The van der Waals surface area contributed by atoms with Crippen molar-refractivity contribution in [3.63, 3.8) is 0 Å². The van der Waals surface area contributed by atoms with Crippen molar-refractivity contribution < 1.29 is 4.79 Å². The first-order chi connectivity index (χ1) is 12.1. The summed E-state index contributed by atoms with van der Waals surface area (Å²) in [5.41, 5.74) is 7.68. The van der Waals surface area contributed by atoms with Crippen molar-refractivity contribution in [2.75, 3.05) is 13.1 Å². The highest BCUT2D eigenvalue weighted by atomic mass is 35.5. The Balaban J connectivity index is 0.00000196. The maximum atomic E-state index is 12.6. The van der Waals surface area contributed by atoms with Gasteiger partial charge in [-0.05, 0) is 42.8 Å². The average Bonchev–Trinajstić information content (AvgIpc) is 3.08. The Morgan fingerprint density at radius 3 is 2.54 bits per heavy atom. The van der Waals surface area contributed by atoms with E-state index in [1.54, 1.807) is 35.2 Å². The zero-order chi connectivity index (χ0) is 17.4. The molecule has 0 spiro atoms. The van der Waals surface area contributed by atoms with E-state index in [2.05, 4.69) is 4.98 Å². The molecule has 1 aliphatic rings. The van der Waals surface area contributed by atoms with Crippen molar-refractivity contribution in [2.24, 2.45) is 5.73 Å². The van der Waals surface area contributed by atoms with Gasteiger partial charge >= 0.3 is 0 Å². The van der Waals surface area contributed by atoms with Crippen molar-refractivity contribution in [3.8, 4) is 5.69 Å². The number of halogens is 1. The van der Waals surface area contributed by atoms with Gasteiger partial charge in [0.15, 0.2) is 0 Å². The molecule has 1 amide bonds. The van der Waals surface area contributed by atoms with Crippen LogP contribution in [0.15, 0.2) is 59.7 Å². The minimum atomic E-state index is -0.129. The van der Waals surface area contributed by atoms with E-state index in [0.29, 0.717) is 35.2 Å². The Bertz CT molecular complexity index is 1000. The molecule has 2 N–H and O–H groups in total. The van der Waals surface area contributed by atoms with Gasteiger partial charge in [-0.2, -0.15) is 0 Å². The van der Waals surface area contributed by atoms with Crippen LogP contribution < -0.4 is 11.3 Å². The van der Waals surface area contributed by atoms with Crippen LogP contribution in [0.1, 0.15) is 16.8 Å². The standard InChI is InChI=1S/C19H18N4O2.ClH/c20-14-9-10-22(11-14)18(24)13-5-7-15(8-6-13)23-12-21-17-4-2-1-3-16(17)19(23)25;/h1-8,12,14H,9-11,20H2;1H. The Labute approximate surface area is 156 Å². The fraction of sp³-hybridized carbons (Fsp3) is 0.211. The lowest BCUT2D eigenvalue weighted by atomic mass is 10.1. The number of carbonyl (C=O) groups is 1. The maximum absolute atomic E-state index is 12.6. The minimum Gasteiger partial charge on any atom is -0.337 e. The lowest BCUT2D eigenvalue weighted by molar-refractivity contribution is 0.0791. The highest BCUT2D eigenvalue weighted by Gasteiger charge is 2.24. The van der Waals surface area contributed by atoms with E-state index >= 15 is 0 Å². The topological polar surface area (TPSA) is 81.2 Å². The van der Waals surface area contributed by atoms with Crippen molar-refractivity contribution >= 4 is 29.2 Å². The summed E-state index contributed by atoms with van der Waals surface area (Å²) in [5.74, 6) is -0.0246. The molecule has 0 bridgehead atoms. The Hall–Kier alpha value is -2.70. The summed E-state index contributed by atoms with van der Waals surface area (Å²) >= 11 is 0. The van der Waals surface area contributed by atoms with Gasteiger partial charge in [0.1, 0.15) is 6.33 Å². The molecule has 26 heavy (non-hydrogen) atoms. The number of nitrogens with two attached hydrogens (primary N) is 1. The van der Waals surface area contributed by atoms with Crippen molar-refractivity contribution in [1.29, 1.82) is 0 Å². The zero-order valence-electron chi connectivity index (χ0n) is 14.0. The number of benzene rings is 2. The van der Waals surface area contributed by atoms with Crippen LogP contribution in [0, 0.1) is 0 Å². The average molecular weight is 371 g/mol. The van der Waals surface area contributed by atoms with Crippen LogP contribution in [0.3, 0.4) is 0 Å². The fourth-order valence-electron chi connectivity index (χ4n) is 3.17. The van der Waals surface area contributed by atoms with Crippen LogP contribution in [0.4, 0.5) is 0 Å². The number of hydrogen-bond donors (Lipinski definition) is 1. The van der Waals surface area contributed by atoms with Crippen LogP contribution in [0.5, 0.6) is 0 Å². The first-order valence-corrected chi connectivity index (χ1v) is 8.25. The molecule has 1 saturated heterocycles. The number of hydrogen-bond acceptors (Lipinski definition) is 4. The number of rotatable bonds is 2. The summed E-state index contributed by atoms with van der Waals surface area (Å²) in [7, 11) is 0. The number of aromatic nitrogens is 2. The minimum absolute atomic E-state index is 0. The predicted molar refractivity (Wildman–Crippen MR) is 103 cm³/mol. The van der Waals surface area contributed by atoms with Crippen molar-refractivity contribution in [2.45, 2.75) is 12.5 Å². The van der Waals surface area contributed by atoms with Crippen molar-refractivity contribution in [3.05, 3.63) is 70.8 Å². The number of likely N-dealkylation sites (tertiary alicyclic amines) is 1. The summed E-state index contributed by atoms with van der Waals surface area (Å²) in [6.45, 7) is 1.28. The third-order valence-corrected chi connectivity index (χ3v) is 4.57. The molecular formula is C19H19ClN4O2. The molecule has 0 aliphatic carbocycles. The molecule has 6 nitrogen and oxygen atoms in total. The molecule has 2 heterocycles. The molecule has 1 atom stereocenters. The van der Waals surface area contributed by atoms with E-state index in [9.17, 15) is 9.59 Å². The third-order valence-electron chi connectivity index (χ3n) is 4.57. The monoisotopic (exact) mass is 370 g/mol. The fourth-order valence-corrected chi connectivity index (χ4v) is 3.17. The number of carbonyl (C=O) groups excluding carboxylic acids is 1. The number of nitrogens with zero attached hydrogens (tertiary/aromatic N) is 3. The van der Waals surface area contributed by atoms with Crippen LogP contribution in [-0.2, 0) is 0 Å². The molecule has 3 aromatic rings. The molecule has 2 aromatic carbocycles. The molecule has 0 radical (unpaired) electrons. The maximum Gasteiger partial charge on any atom is 0.265 e. The Kier molecular flexibility index (Phi) is 5.06. The van der Waals surface area contributed by atoms with Gasteiger partial charge < -0.3 is 10.6 Å². The van der Waals surface area contributed by atoms with Gasteiger partial charge in [0, 0.05) is 24.7 Å². The van der Waals surface area contributed by atoms with Crippen LogP contribution in [0.2, 0.25) is 0 Å². The lowest BCUT2D eigenvalue weighted by Crippen LogP contribution is -2.31. The van der Waals surface area contributed by atoms with Crippen molar-refractivity contribution in [1.82, 2.24) is 14.5 Å². The van der Waals surface area contributed by atoms with Gasteiger partial charge in [-0.15, -0.1) is 12.4 Å². The summed E-state index contributed by atoms with van der Waals surface area (Å²) in [6, 6.07) is 14.3. The lowest BCUT2D eigenvalue weighted by Gasteiger charge is -2.16. The van der Waals surface area contributed by atoms with Gasteiger partial charge in [0.05, 0.1) is 16.6 Å². The van der Waals surface area contributed by atoms with E-state index < -0.39 is 0 Å². The molecule has 0 saturated carbocycles. The van der Waals surface area contributed by atoms with Crippen LogP contribution in [-0.4, -0.2) is 39.5 Å². The summed E-state index contributed by atoms with van der Waals surface area (Å²) in [5, 5.41) is 0.566. The number of fused-ring (bicyclic) bond motifs is 1. The smallest absolute Gasteiger partial charge is 0.265 e. The first-order valence-electron chi connectivity index (χ1n) is 8.25. The molecule has 4 rings (SSSR count). The first kappa shape index (κ1) is 18.1. The second-order valence-corrected chi connectivity index (χ2v) is 6.28. The molecular weight excluding hydrogens is 352 g/mol. The Morgan fingerprint density at radius 1 is 1.12 bits per heavy atom. The van der Waals surface area contributed by atoms with E-state index in [1.165, 1.54) is 10.9 Å². The van der Waals surface area contributed by atoms with E-state index in [0.717, 1.165) is 6.42 Å². The second kappa shape index (κ2) is 7.27. The molecule has 1 aliphatic heterocycles. The summed E-state index contributed by atoms with van der Waals surface area (Å²) in [4.78, 5) is 31.2. The molecule has 134 valence electrons. The summed E-state index contributed by atoms with van der Waals surface area (Å²) < 4.78 is 1.49. The molecule has 1 aromatic heterocycles. The largest absolute Gasteiger partial charge is 0.337 e. The normalized spacial score (nSPS) is 16.5. The second-order valence-electron chi connectivity index (χ2n) is 6.28.